The fraction of sp³-hybridized carbons (Fsp3) is 0. The van der Waals surface area contributed by atoms with Gasteiger partial charge in [0.2, 0.25) is 0 Å². The topological polar surface area (TPSA) is 55.1 Å². The van der Waals surface area contributed by atoms with Crippen LogP contribution in [0.4, 0.5) is 0 Å². The maximum atomic E-state index is 10.5. The summed E-state index contributed by atoms with van der Waals surface area (Å²) in [7, 11) is 0. The zero-order valence-corrected chi connectivity index (χ0v) is 9.18. The summed E-state index contributed by atoms with van der Waals surface area (Å²) in [6.07, 6.45) is 1.91. The van der Waals surface area contributed by atoms with Crippen LogP contribution in [0.15, 0.2) is 34.9 Å². The highest BCUT2D eigenvalue weighted by molar-refractivity contribution is 9.10. The number of aromatic hydroxyl groups is 1. The molecule has 2 aromatic rings. The van der Waals surface area contributed by atoms with Gasteiger partial charge in [0.1, 0.15) is 0 Å². The van der Waals surface area contributed by atoms with Crippen molar-refractivity contribution in [3.63, 3.8) is 0 Å². The number of rotatable bonds is 2. The molecule has 4 nitrogen and oxygen atoms in total. The van der Waals surface area contributed by atoms with Crippen LogP contribution in [-0.2, 0) is 0 Å². The second kappa shape index (κ2) is 3.86. The van der Waals surface area contributed by atoms with Gasteiger partial charge in [-0.25, -0.2) is 4.68 Å². The van der Waals surface area contributed by atoms with E-state index in [1.54, 1.807) is 0 Å². The van der Waals surface area contributed by atoms with Crippen LogP contribution < -0.4 is 0 Å². The number of nitrogens with zero attached hydrogens (tertiary/aromatic N) is 2. The van der Waals surface area contributed by atoms with E-state index in [9.17, 15) is 9.90 Å². The van der Waals surface area contributed by atoms with E-state index in [1.807, 2.05) is 24.3 Å². The first kappa shape index (κ1) is 9.92. The van der Waals surface area contributed by atoms with Crippen molar-refractivity contribution in [3.8, 4) is 11.4 Å². The largest absolute Gasteiger partial charge is 0.504 e. The van der Waals surface area contributed by atoms with Crippen LogP contribution in [0, 0.1) is 0 Å². The summed E-state index contributed by atoms with van der Waals surface area (Å²) in [5, 5.41) is 13.2. The van der Waals surface area contributed by atoms with Gasteiger partial charge in [0.05, 0.1) is 11.9 Å². The molecule has 5 heteroatoms. The molecule has 1 aromatic heterocycles. The van der Waals surface area contributed by atoms with Gasteiger partial charge in [0, 0.05) is 4.47 Å². The molecule has 0 radical (unpaired) electrons. The predicted molar refractivity (Wildman–Crippen MR) is 58.3 cm³/mol. The summed E-state index contributed by atoms with van der Waals surface area (Å²) in [6, 6.07) is 7.36. The molecule has 0 fully saturated rings. The first-order valence-electron chi connectivity index (χ1n) is 4.20. The Bertz CT molecular complexity index is 491. The lowest BCUT2D eigenvalue weighted by Gasteiger charge is -1.99. The van der Waals surface area contributed by atoms with E-state index in [-0.39, 0.29) is 11.4 Å². The molecule has 1 heterocycles. The van der Waals surface area contributed by atoms with Crippen LogP contribution in [0.5, 0.6) is 5.75 Å². The molecule has 1 aromatic carbocycles. The second-order valence-corrected chi connectivity index (χ2v) is 3.85. The Morgan fingerprint density at radius 1 is 1.33 bits per heavy atom. The van der Waals surface area contributed by atoms with E-state index in [0.717, 1.165) is 10.2 Å². The highest BCUT2D eigenvalue weighted by atomic mass is 79.9. The van der Waals surface area contributed by atoms with Crippen LogP contribution >= 0.6 is 15.9 Å². The van der Waals surface area contributed by atoms with Crippen LogP contribution in [0.1, 0.15) is 10.5 Å². The van der Waals surface area contributed by atoms with Crippen LogP contribution in [0.2, 0.25) is 0 Å². The minimum absolute atomic E-state index is 0.0397. The Labute approximate surface area is 94.3 Å². The molecule has 0 aliphatic carbocycles. The molecule has 1 N–H and O–H groups in total. The molecule has 76 valence electrons. The lowest BCUT2D eigenvalue weighted by molar-refractivity contribution is 0.111. The SMILES string of the molecule is O=Cc1nn(-c2ccc(Br)cc2)cc1O. The number of halogens is 1. The van der Waals surface area contributed by atoms with Crippen molar-refractivity contribution < 1.29 is 9.90 Å². The van der Waals surface area contributed by atoms with Crippen molar-refractivity contribution in [3.05, 3.63) is 40.6 Å². The van der Waals surface area contributed by atoms with Crippen LogP contribution in [0.3, 0.4) is 0 Å². The van der Waals surface area contributed by atoms with Gasteiger partial charge in [-0.3, -0.25) is 4.79 Å². The Hall–Kier alpha value is -1.62. The quantitative estimate of drug-likeness (QED) is 0.848. The van der Waals surface area contributed by atoms with Gasteiger partial charge in [-0.2, -0.15) is 5.10 Å². The zero-order valence-electron chi connectivity index (χ0n) is 7.59. The van der Waals surface area contributed by atoms with Gasteiger partial charge in [-0.05, 0) is 24.3 Å². The molecule has 0 aliphatic rings. The van der Waals surface area contributed by atoms with E-state index in [1.165, 1.54) is 10.9 Å². The third-order valence-electron chi connectivity index (χ3n) is 1.93. The smallest absolute Gasteiger partial charge is 0.174 e. The monoisotopic (exact) mass is 266 g/mol. The summed E-state index contributed by atoms with van der Waals surface area (Å²) in [5.41, 5.74) is 0.819. The van der Waals surface area contributed by atoms with Crippen LogP contribution in [-0.4, -0.2) is 21.2 Å². The molecular weight excluding hydrogens is 260 g/mol. The number of hydrogen-bond acceptors (Lipinski definition) is 3. The third kappa shape index (κ3) is 1.92. The number of aldehydes is 1. The Balaban J connectivity index is 2.45. The van der Waals surface area contributed by atoms with E-state index in [0.29, 0.717) is 6.29 Å². The summed E-state index contributed by atoms with van der Waals surface area (Å²) in [4.78, 5) is 10.5. The standard InChI is InChI=1S/C10H7BrN2O2/c11-7-1-3-8(4-2-7)13-5-10(15)9(6-14)12-13/h1-6,15H. The van der Waals surface area contributed by atoms with Crippen molar-refractivity contribution in [1.29, 1.82) is 0 Å². The van der Waals surface area contributed by atoms with E-state index in [4.69, 9.17) is 0 Å². The lowest BCUT2D eigenvalue weighted by atomic mass is 10.3. The molecule has 15 heavy (non-hydrogen) atoms. The van der Waals surface area contributed by atoms with Crippen molar-refractivity contribution in [2.75, 3.05) is 0 Å². The molecule has 0 unspecified atom stereocenters. The molecular formula is C10H7BrN2O2. The molecule has 0 bridgehead atoms. The number of benzene rings is 1. The van der Waals surface area contributed by atoms with Crippen molar-refractivity contribution in [2.45, 2.75) is 0 Å². The van der Waals surface area contributed by atoms with Crippen molar-refractivity contribution >= 4 is 22.2 Å². The number of carbonyl (C=O) groups excluding carboxylic acids is 1. The molecule has 0 saturated heterocycles. The first-order valence-corrected chi connectivity index (χ1v) is 5.00. The van der Waals surface area contributed by atoms with Gasteiger partial charge in [0.15, 0.2) is 17.7 Å². The maximum absolute atomic E-state index is 10.5. The Morgan fingerprint density at radius 2 is 2.00 bits per heavy atom. The predicted octanol–water partition coefficient (Wildman–Crippen LogP) is 2.15. The summed E-state index contributed by atoms with van der Waals surface area (Å²) in [6.45, 7) is 0. The third-order valence-corrected chi connectivity index (χ3v) is 2.45. The number of carbonyl (C=O) groups is 1. The van der Waals surface area contributed by atoms with E-state index >= 15 is 0 Å². The summed E-state index contributed by atoms with van der Waals surface area (Å²) in [5.74, 6) is -0.118. The van der Waals surface area contributed by atoms with Gasteiger partial charge in [-0.1, -0.05) is 15.9 Å². The lowest BCUT2D eigenvalue weighted by Crippen LogP contribution is -1.94. The fourth-order valence-corrected chi connectivity index (χ4v) is 1.45. The summed E-state index contributed by atoms with van der Waals surface area (Å²) < 4.78 is 2.41. The minimum atomic E-state index is -0.118. The maximum Gasteiger partial charge on any atom is 0.174 e. The molecule has 0 spiro atoms. The van der Waals surface area contributed by atoms with Gasteiger partial charge in [0.25, 0.3) is 0 Å². The molecule has 0 saturated carbocycles. The molecule has 0 atom stereocenters. The Kier molecular flexibility index (Phi) is 2.55. The van der Waals surface area contributed by atoms with Gasteiger partial charge >= 0.3 is 0 Å². The molecule has 2 rings (SSSR count). The number of aromatic nitrogens is 2. The molecule has 0 amide bonds. The van der Waals surface area contributed by atoms with E-state index < -0.39 is 0 Å². The highest BCUT2D eigenvalue weighted by Gasteiger charge is 2.07. The number of hydrogen-bond donors (Lipinski definition) is 1. The zero-order chi connectivity index (χ0) is 10.8. The van der Waals surface area contributed by atoms with Gasteiger partial charge < -0.3 is 5.11 Å². The average molecular weight is 267 g/mol. The normalized spacial score (nSPS) is 10.2. The van der Waals surface area contributed by atoms with Crippen molar-refractivity contribution in [1.82, 2.24) is 9.78 Å². The van der Waals surface area contributed by atoms with E-state index in [2.05, 4.69) is 21.0 Å². The summed E-state index contributed by atoms with van der Waals surface area (Å²) >= 11 is 3.32. The first-order chi connectivity index (χ1) is 7.20. The molecule has 0 aliphatic heterocycles. The fourth-order valence-electron chi connectivity index (χ4n) is 1.19. The Morgan fingerprint density at radius 3 is 2.53 bits per heavy atom. The van der Waals surface area contributed by atoms with Crippen LogP contribution in [0.25, 0.3) is 5.69 Å². The average Bonchev–Trinajstić information content (AvgIpc) is 2.61. The second-order valence-electron chi connectivity index (χ2n) is 2.94. The van der Waals surface area contributed by atoms with Crippen molar-refractivity contribution in [2.24, 2.45) is 0 Å². The van der Waals surface area contributed by atoms with Gasteiger partial charge in [-0.15, -0.1) is 0 Å². The highest BCUT2D eigenvalue weighted by Crippen LogP contribution is 2.18. The minimum Gasteiger partial charge on any atom is -0.504 e.